The standard InChI is InChI=1S/C25H28ClN3O4/c1-31-19-10-11-23(32-2)20(14-19)22(29-12-4-3-5-13-29)16-27-25(30)21-15-24(33-28-21)17-6-8-18(26)9-7-17/h6-11,14-15,22H,3-5,12-13,16H2,1-2H3,(H,27,30)/t22-/m0/s1. The van der Waals surface area contributed by atoms with Crippen LogP contribution in [-0.4, -0.2) is 49.8 Å². The van der Waals surface area contributed by atoms with Crippen molar-refractivity contribution < 1.29 is 18.8 Å². The molecule has 4 rings (SSSR count). The number of rotatable bonds is 8. The highest BCUT2D eigenvalue weighted by atomic mass is 35.5. The number of hydrogen-bond donors (Lipinski definition) is 1. The minimum atomic E-state index is -0.289. The molecule has 0 aliphatic carbocycles. The van der Waals surface area contributed by atoms with Gasteiger partial charge in [-0.25, -0.2) is 0 Å². The Hall–Kier alpha value is -3.03. The van der Waals surface area contributed by atoms with Crippen LogP contribution in [0.5, 0.6) is 11.5 Å². The van der Waals surface area contributed by atoms with Crippen LogP contribution in [0.3, 0.4) is 0 Å². The first-order valence-corrected chi connectivity index (χ1v) is 11.4. The summed E-state index contributed by atoms with van der Waals surface area (Å²) in [6.45, 7) is 2.34. The summed E-state index contributed by atoms with van der Waals surface area (Å²) in [7, 11) is 3.30. The van der Waals surface area contributed by atoms with Gasteiger partial charge in [-0.05, 0) is 68.4 Å². The van der Waals surface area contributed by atoms with Crippen molar-refractivity contribution in [3.05, 3.63) is 64.8 Å². The number of carbonyl (C=O) groups excluding carboxylic acids is 1. The van der Waals surface area contributed by atoms with Crippen molar-refractivity contribution in [2.75, 3.05) is 33.9 Å². The number of likely N-dealkylation sites (tertiary alicyclic amines) is 1. The van der Waals surface area contributed by atoms with Gasteiger partial charge in [0.25, 0.3) is 5.91 Å². The molecule has 0 radical (unpaired) electrons. The average molecular weight is 470 g/mol. The van der Waals surface area contributed by atoms with E-state index in [9.17, 15) is 4.79 Å². The summed E-state index contributed by atoms with van der Waals surface area (Å²) in [5.74, 6) is 1.75. The summed E-state index contributed by atoms with van der Waals surface area (Å²) >= 11 is 5.95. The lowest BCUT2D eigenvalue weighted by atomic mass is 10.00. The first kappa shape index (κ1) is 23.1. The number of nitrogens with zero attached hydrogens (tertiary/aromatic N) is 2. The molecule has 1 aromatic heterocycles. The topological polar surface area (TPSA) is 76.8 Å². The average Bonchev–Trinajstić information content (AvgIpc) is 3.35. The van der Waals surface area contributed by atoms with Crippen molar-refractivity contribution in [1.82, 2.24) is 15.4 Å². The van der Waals surface area contributed by atoms with Gasteiger partial charge in [0.1, 0.15) is 11.5 Å². The molecule has 1 amide bonds. The third-order valence-corrected chi connectivity index (χ3v) is 6.21. The highest BCUT2D eigenvalue weighted by Crippen LogP contribution is 2.34. The van der Waals surface area contributed by atoms with E-state index in [0.29, 0.717) is 17.3 Å². The number of halogens is 1. The molecule has 1 aliphatic heterocycles. The molecule has 0 unspecified atom stereocenters. The number of ether oxygens (including phenoxy) is 2. The molecular formula is C25H28ClN3O4. The smallest absolute Gasteiger partial charge is 0.273 e. The minimum Gasteiger partial charge on any atom is -0.497 e. The van der Waals surface area contributed by atoms with Gasteiger partial charge in [0, 0.05) is 28.8 Å². The monoisotopic (exact) mass is 469 g/mol. The molecule has 2 aromatic carbocycles. The van der Waals surface area contributed by atoms with Crippen LogP contribution in [0.2, 0.25) is 5.02 Å². The first-order chi connectivity index (χ1) is 16.1. The molecule has 2 heterocycles. The van der Waals surface area contributed by atoms with Gasteiger partial charge in [0.05, 0.1) is 20.3 Å². The van der Waals surface area contributed by atoms with Crippen LogP contribution in [0.15, 0.2) is 53.1 Å². The Morgan fingerprint density at radius 3 is 2.55 bits per heavy atom. The molecule has 33 heavy (non-hydrogen) atoms. The van der Waals surface area contributed by atoms with Crippen LogP contribution in [-0.2, 0) is 0 Å². The van der Waals surface area contributed by atoms with Crippen LogP contribution in [0, 0.1) is 0 Å². The molecule has 3 aromatic rings. The van der Waals surface area contributed by atoms with E-state index in [2.05, 4.69) is 15.4 Å². The Balaban J connectivity index is 1.53. The number of aromatic nitrogens is 1. The van der Waals surface area contributed by atoms with Crippen molar-refractivity contribution >= 4 is 17.5 Å². The molecule has 174 valence electrons. The number of carbonyl (C=O) groups is 1. The second kappa shape index (κ2) is 10.7. The second-order valence-corrected chi connectivity index (χ2v) is 8.45. The maximum absolute atomic E-state index is 12.9. The van der Waals surface area contributed by atoms with Crippen molar-refractivity contribution in [2.24, 2.45) is 0 Å². The van der Waals surface area contributed by atoms with Gasteiger partial charge in [0.2, 0.25) is 0 Å². The van der Waals surface area contributed by atoms with E-state index in [4.69, 9.17) is 25.6 Å². The molecule has 1 saturated heterocycles. The van der Waals surface area contributed by atoms with E-state index < -0.39 is 0 Å². The Morgan fingerprint density at radius 1 is 1.09 bits per heavy atom. The number of methoxy groups -OCH3 is 2. The number of piperidine rings is 1. The van der Waals surface area contributed by atoms with Gasteiger partial charge < -0.3 is 19.3 Å². The van der Waals surface area contributed by atoms with Crippen LogP contribution in [0.4, 0.5) is 0 Å². The summed E-state index contributed by atoms with van der Waals surface area (Å²) < 4.78 is 16.5. The second-order valence-electron chi connectivity index (χ2n) is 8.01. The molecule has 1 N–H and O–H groups in total. The summed E-state index contributed by atoms with van der Waals surface area (Å²) in [4.78, 5) is 15.3. The fourth-order valence-corrected chi connectivity index (χ4v) is 4.30. The fourth-order valence-electron chi connectivity index (χ4n) is 4.18. The molecule has 1 aliphatic rings. The molecule has 7 nitrogen and oxygen atoms in total. The van der Waals surface area contributed by atoms with Crippen LogP contribution >= 0.6 is 11.6 Å². The minimum absolute atomic E-state index is 0.0538. The maximum atomic E-state index is 12.9. The molecule has 0 saturated carbocycles. The van der Waals surface area contributed by atoms with Gasteiger partial charge in [-0.2, -0.15) is 0 Å². The lowest BCUT2D eigenvalue weighted by molar-refractivity contribution is 0.0914. The van der Waals surface area contributed by atoms with Crippen LogP contribution in [0.1, 0.15) is 41.4 Å². The highest BCUT2D eigenvalue weighted by Gasteiger charge is 2.27. The predicted molar refractivity (Wildman–Crippen MR) is 127 cm³/mol. The Labute approximate surface area is 198 Å². The lowest BCUT2D eigenvalue weighted by Crippen LogP contribution is -2.40. The zero-order valence-electron chi connectivity index (χ0n) is 18.8. The highest BCUT2D eigenvalue weighted by molar-refractivity contribution is 6.30. The van der Waals surface area contributed by atoms with E-state index in [1.54, 1.807) is 32.4 Å². The summed E-state index contributed by atoms with van der Waals surface area (Å²) in [5, 5.41) is 7.63. The number of hydrogen-bond acceptors (Lipinski definition) is 6. The van der Waals surface area contributed by atoms with Crippen LogP contribution < -0.4 is 14.8 Å². The lowest BCUT2D eigenvalue weighted by Gasteiger charge is -2.35. The zero-order chi connectivity index (χ0) is 23.2. The SMILES string of the molecule is COc1ccc(OC)c([C@H](CNC(=O)c2cc(-c3ccc(Cl)cc3)on2)N2CCCCC2)c1. The molecule has 8 heteroatoms. The van der Waals surface area contributed by atoms with E-state index in [1.807, 2.05) is 30.3 Å². The van der Waals surface area contributed by atoms with Gasteiger partial charge in [-0.1, -0.05) is 23.2 Å². The fraction of sp³-hybridized carbons (Fsp3) is 0.360. The maximum Gasteiger partial charge on any atom is 0.273 e. The Morgan fingerprint density at radius 2 is 1.85 bits per heavy atom. The van der Waals surface area contributed by atoms with Crippen LogP contribution in [0.25, 0.3) is 11.3 Å². The van der Waals surface area contributed by atoms with Crippen molar-refractivity contribution in [1.29, 1.82) is 0 Å². The molecular weight excluding hydrogens is 442 g/mol. The van der Waals surface area contributed by atoms with Gasteiger partial charge in [-0.3, -0.25) is 9.69 Å². The first-order valence-electron chi connectivity index (χ1n) is 11.1. The van der Waals surface area contributed by atoms with E-state index in [-0.39, 0.29) is 17.6 Å². The predicted octanol–water partition coefficient (Wildman–Crippen LogP) is 4.97. The normalized spacial score (nSPS) is 15.1. The quantitative estimate of drug-likeness (QED) is 0.502. The van der Waals surface area contributed by atoms with Crippen molar-refractivity contribution in [2.45, 2.75) is 25.3 Å². The van der Waals surface area contributed by atoms with E-state index in [0.717, 1.165) is 48.6 Å². The van der Waals surface area contributed by atoms with Gasteiger partial charge >= 0.3 is 0 Å². The largest absolute Gasteiger partial charge is 0.497 e. The summed E-state index contributed by atoms with van der Waals surface area (Å²) in [5.41, 5.74) is 2.02. The van der Waals surface area contributed by atoms with Gasteiger partial charge in [-0.15, -0.1) is 0 Å². The molecule has 1 fully saturated rings. The summed E-state index contributed by atoms with van der Waals surface area (Å²) in [6.07, 6.45) is 3.48. The third kappa shape index (κ3) is 5.49. The molecule has 0 bridgehead atoms. The Bertz CT molecular complexity index is 1080. The number of amides is 1. The number of benzene rings is 2. The van der Waals surface area contributed by atoms with Crippen molar-refractivity contribution in [3.63, 3.8) is 0 Å². The van der Waals surface area contributed by atoms with Gasteiger partial charge in [0.15, 0.2) is 11.5 Å². The van der Waals surface area contributed by atoms with Crippen molar-refractivity contribution in [3.8, 4) is 22.8 Å². The van der Waals surface area contributed by atoms with E-state index in [1.165, 1.54) is 6.42 Å². The zero-order valence-corrected chi connectivity index (χ0v) is 19.6. The Kier molecular flexibility index (Phi) is 7.52. The summed E-state index contributed by atoms with van der Waals surface area (Å²) in [6, 6.07) is 14.5. The number of nitrogens with one attached hydrogen (secondary N) is 1. The third-order valence-electron chi connectivity index (χ3n) is 5.95. The molecule has 1 atom stereocenters. The molecule has 0 spiro atoms. The van der Waals surface area contributed by atoms with E-state index >= 15 is 0 Å².